The Kier molecular flexibility index (Phi) is 4.91. The zero-order valence-electron chi connectivity index (χ0n) is 7.83. The largest absolute Gasteiger partial charge is 0.464 e. The normalized spacial score (nSPS) is 11.9. The number of Topliss-reactive ketones (excluding diaryl/α,β-unsaturated/α-hetero) is 2. The third-order valence-electron chi connectivity index (χ3n) is 1.32. The molecule has 0 radical (unpaired) electrons. The predicted octanol–water partition coefficient (Wildman–Crippen LogP) is -0.277. The minimum Gasteiger partial charge on any atom is -0.464 e. The molecule has 0 fully saturated rings. The quantitative estimate of drug-likeness (QED) is 0.337. The minimum atomic E-state index is -1.42. The van der Waals surface area contributed by atoms with E-state index in [1.165, 1.54) is 7.11 Å². The van der Waals surface area contributed by atoms with Crippen LogP contribution in [0.25, 0.3) is 0 Å². The second kappa shape index (κ2) is 5.42. The molecule has 0 aliphatic carbocycles. The highest BCUT2D eigenvalue weighted by Gasteiger charge is 2.30. The Hall–Kier alpha value is -1.23. The number of esters is 1. The van der Waals surface area contributed by atoms with Gasteiger partial charge in [-0.15, -0.1) is 0 Å². The topological polar surface area (TPSA) is 69.7 Å². The van der Waals surface area contributed by atoms with E-state index in [0.29, 0.717) is 0 Å². The molecule has 0 aromatic heterocycles. The summed E-state index contributed by atoms with van der Waals surface area (Å²) in [4.78, 5) is 32.6. The first kappa shape index (κ1) is 11.8. The van der Waals surface area contributed by atoms with E-state index in [1.807, 2.05) is 0 Å². The lowest BCUT2D eigenvalue weighted by Crippen LogP contribution is -2.37. The molecule has 74 valence electrons. The van der Waals surface area contributed by atoms with E-state index in [9.17, 15) is 14.4 Å². The Balaban J connectivity index is 4.41. The van der Waals surface area contributed by atoms with Gasteiger partial charge in [0, 0.05) is 14.0 Å². The van der Waals surface area contributed by atoms with E-state index in [1.54, 1.807) is 6.92 Å². The Morgan fingerprint density at radius 1 is 1.31 bits per heavy atom. The number of rotatable bonds is 5. The summed E-state index contributed by atoms with van der Waals surface area (Å²) in [7, 11) is 1.17. The average molecular weight is 188 g/mol. The molecule has 0 spiro atoms. The molecule has 5 nitrogen and oxygen atoms in total. The van der Waals surface area contributed by atoms with Gasteiger partial charge < -0.3 is 9.47 Å². The second-order valence-corrected chi connectivity index (χ2v) is 2.29. The molecule has 0 heterocycles. The van der Waals surface area contributed by atoms with Gasteiger partial charge in [0.1, 0.15) is 0 Å². The lowest BCUT2D eigenvalue weighted by Gasteiger charge is -2.10. The van der Waals surface area contributed by atoms with Gasteiger partial charge in [-0.3, -0.25) is 9.59 Å². The summed E-state index contributed by atoms with van der Waals surface area (Å²) in [6.07, 6.45) is -1.42. The van der Waals surface area contributed by atoms with Gasteiger partial charge in [0.2, 0.25) is 11.9 Å². The monoisotopic (exact) mass is 188 g/mol. The minimum absolute atomic E-state index is 0.143. The van der Waals surface area contributed by atoms with Crippen molar-refractivity contribution in [1.29, 1.82) is 0 Å². The van der Waals surface area contributed by atoms with E-state index in [2.05, 4.69) is 9.47 Å². The lowest BCUT2D eigenvalue weighted by molar-refractivity contribution is -0.161. The lowest BCUT2D eigenvalue weighted by atomic mass is 10.2. The van der Waals surface area contributed by atoms with Crippen molar-refractivity contribution >= 4 is 17.5 Å². The van der Waals surface area contributed by atoms with E-state index in [-0.39, 0.29) is 6.61 Å². The fourth-order valence-electron chi connectivity index (χ4n) is 0.713. The molecule has 0 aliphatic heterocycles. The van der Waals surface area contributed by atoms with Crippen LogP contribution in [0.15, 0.2) is 0 Å². The fraction of sp³-hybridized carbons (Fsp3) is 0.625. The van der Waals surface area contributed by atoms with Crippen LogP contribution in [0, 0.1) is 0 Å². The first-order valence-electron chi connectivity index (χ1n) is 3.78. The molecule has 5 heteroatoms. The van der Waals surface area contributed by atoms with Crippen LogP contribution in [-0.2, 0) is 23.9 Å². The number of ether oxygens (including phenoxy) is 2. The molecule has 0 N–H and O–H groups in total. The van der Waals surface area contributed by atoms with Gasteiger partial charge in [-0.05, 0) is 6.92 Å². The molecule has 13 heavy (non-hydrogen) atoms. The van der Waals surface area contributed by atoms with Crippen LogP contribution in [0.4, 0.5) is 0 Å². The SMILES string of the molecule is CCOC(=O)C(OC)C(=O)C(C)=O. The summed E-state index contributed by atoms with van der Waals surface area (Å²) < 4.78 is 9.07. The molecule has 0 aromatic carbocycles. The summed E-state index contributed by atoms with van der Waals surface area (Å²) in [5.74, 6) is -2.44. The maximum absolute atomic E-state index is 11.0. The van der Waals surface area contributed by atoms with Gasteiger partial charge in [0.15, 0.2) is 5.78 Å². The van der Waals surface area contributed by atoms with Gasteiger partial charge in [-0.1, -0.05) is 0 Å². The standard InChI is InChI=1S/C8H12O5/c1-4-13-8(11)7(12-3)6(10)5(2)9/h7H,4H2,1-3H3. The Morgan fingerprint density at radius 2 is 1.85 bits per heavy atom. The van der Waals surface area contributed by atoms with Crippen LogP contribution in [-0.4, -0.2) is 37.4 Å². The Bertz CT molecular complexity index is 221. The van der Waals surface area contributed by atoms with Crippen LogP contribution >= 0.6 is 0 Å². The predicted molar refractivity (Wildman–Crippen MR) is 43.1 cm³/mol. The van der Waals surface area contributed by atoms with Crippen LogP contribution < -0.4 is 0 Å². The zero-order valence-corrected chi connectivity index (χ0v) is 7.83. The summed E-state index contributed by atoms with van der Waals surface area (Å²) in [5, 5.41) is 0. The smallest absolute Gasteiger partial charge is 0.343 e. The Morgan fingerprint density at radius 3 is 2.15 bits per heavy atom. The van der Waals surface area contributed by atoms with Crippen molar-refractivity contribution < 1.29 is 23.9 Å². The molecule has 1 unspecified atom stereocenters. The molecule has 0 rings (SSSR count). The number of ketones is 2. The maximum atomic E-state index is 11.0. The summed E-state index contributed by atoms with van der Waals surface area (Å²) in [6.45, 7) is 2.82. The summed E-state index contributed by atoms with van der Waals surface area (Å²) in [6, 6.07) is 0. The van der Waals surface area contributed by atoms with Gasteiger partial charge in [-0.2, -0.15) is 0 Å². The van der Waals surface area contributed by atoms with Crippen molar-refractivity contribution in [2.24, 2.45) is 0 Å². The molecule has 0 saturated heterocycles. The molecule has 0 aromatic rings. The van der Waals surface area contributed by atoms with Crippen molar-refractivity contribution in [2.45, 2.75) is 20.0 Å². The first-order chi connectivity index (χ1) is 6.04. The van der Waals surface area contributed by atoms with Gasteiger partial charge in [0.25, 0.3) is 0 Å². The van der Waals surface area contributed by atoms with E-state index in [4.69, 9.17) is 0 Å². The number of hydrogen-bond acceptors (Lipinski definition) is 5. The first-order valence-corrected chi connectivity index (χ1v) is 3.78. The number of hydrogen-bond donors (Lipinski definition) is 0. The third-order valence-corrected chi connectivity index (χ3v) is 1.32. The van der Waals surface area contributed by atoms with Crippen molar-refractivity contribution in [2.75, 3.05) is 13.7 Å². The molecule has 1 atom stereocenters. The highest BCUT2D eigenvalue weighted by molar-refractivity contribution is 6.41. The van der Waals surface area contributed by atoms with Gasteiger partial charge in [-0.25, -0.2) is 4.79 Å². The maximum Gasteiger partial charge on any atom is 0.343 e. The van der Waals surface area contributed by atoms with E-state index < -0.39 is 23.6 Å². The second-order valence-electron chi connectivity index (χ2n) is 2.29. The van der Waals surface area contributed by atoms with Crippen molar-refractivity contribution in [1.82, 2.24) is 0 Å². The molecule has 0 bridgehead atoms. The van der Waals surface area contributed by atoms with Gasteiger partial charge in [0.05, 0.1) is 6.61 Å². The summed E-state index contributed by atoms with van der Waals surface area (Å²) in [5.41, 5.74) is 0. The van der Waals surface area contributed by atoms with Crippen LogP contribution in [0.2, 0.25) is 0 Å². The molecular formula is C8H12O5. The van der Waals surface area contributed by atoms with E-state index >= 15 is 0 Å². The van der Waals surface area contributed by atoms with Crippen molar-refractivity contribution in [3.63, 3.8) is 0 Å². The van der Waals surface area contributed by atoms with Gasteiger partial charge >= 0.3 is 5.97 Å². The van der Waals surface area contributed by atoms with Crippen molar-refractivity contribution in [3.05, 3.63) is 0 Å². The number of carbonyl (C=O) groups is 3. The Labute approximate surface area is 76.0 Å². The summed E-state index contributed by atoms with van der Waals surface area (Å²) >= 11 is 0. The molecule has 0 amide bonds. The van der Waals surface area contributed by atoms with Crippen LogP contribution in [0.3, 0.4) is 0 Å². The molecular weight excluding hydrogens is 176 g/mol. The third kappa shape index (κ3) is 3.33. The van der Waals surface area contributed by atoms with E-state index in [0.717, 1.165) is 6.92 Å². The average Bonchev–Trinajstić information content (AvgIpc) is 2.05. The molecule has 0 aliphatic rings. The van der Waals surface area contributed by atoms with Crippen LogP contribution in [0.1, 0.15) is 13.8 Å². The fourth-order valence-corrected chi connectivity index (χ4v) is 0.713. The number of carbonyl (C=O) groups excluding carboxylic acids is 3. The van der Waals surface area contributed by atoms with Crippen molar-refractivity contribution in [3.8, 4) is 0 Å². The zero-order chi connectivity index (χ0) is 10.4. The highest BCUT2D eigenvalue weighted by Crippen LogP contribution is 1.97. The highest BCUT2D eigenvalue weighted by atomic mass is 16.6. The molecule has 0 saturated carbocycles. The number of methoxy groups -OCH3 is 1. The van der Waals surface area contributed by atoms with Crippen LogP contribution in [0.5, 0.6) is 0 Å².